The summed E-state index contributed by atoms with van der Waals surface area (Å²) in [5, 5.41) is 11.9. The quantitative estimate of drug-likeness (QED) is 0.747. The summed E-state index contributed by atoms with van der Waals surface area (Å²) in [6.45, 7) is 8.01. The summed E-state index contributed by atoms with van der Waals surface area (Å²) in [5.74, 6) is 0.377. The molecule has 1 aliphatic heterocycles. The van der Waals surface area contributed by atoms with Crippen molar-refractivity contribution in [2.24, 2.45) is 0 Å². The molecule has 1 amide bonds. The third kappa shape index (κ3) is 4.91. The molecule has 0 saturated carbocycles. The van der Waals surface area contributed by atoms with Crippen molar-refractivity contribution in [1.29, 1.82) is 0 Å². The summed E-state index contributed by atoms with van der Waals surface area (Å²) in [6.07, 6.45) is 6.67. The van der Waals surface area contributed by atoms with Gasteiger partial charge in [-0.05, 0) is 45.8 Å². The molecule has 142 valence electrons. The van der Waals surface area contributed by atoms with Crippen LogP contribution in [-0.2, 0) is 4.79 Å². The van der Waals surface area contributed by atoms with Crippen LogP contribution in [-0.4, -0.2) is 74.3 Å². The molecule has 2 aromatic rings. The molecule has 0 aliphatic carbocycles. The minimum atomic E-state index is -0.0151. The van der Waals surface area contributed by atoms with Crippen molar-refractivity contribution in [3.63, 3.8) is 0 Å². The number of rotatable bonds is 7. The monoisotopic (exact) mass is 360 g/mol. The molecule has 3 rings (SSSR count). The van der Waals surface area contributed by atoms with Gasteiger partial charge in [0, 0.05) is 25.2 Å². The Balaban J connectivity index is 1.52. The first-order chi connectivity index (χ1) is 12.6. The van der Waals surface area contributed by atoms with Gasteiger partial charge in [0.05, 0.1) is 0 Å². The van der Waals surface area contributed by atoms with Crippen molar-refractivity contribution in [2.75, 3.05) is 32.8 Å². The molecular weight excluding hydrogens is 332 g/mol. The summed E-state index contributed by atoms with van der Waals surface area (Å²) >= 11 is 0. The second-order valence-corrected chi connectivity index (χ2v) is 7.03. The predicted octanol–water partition coefficient (Wildman–Crippen LogP) is 1.62. The van der Waals surface area contributed by atoms with E-state index in [2.05, 4.69) is 20.2 Å². The smallest absolute Gasteiger partial charge is 0.260 e. The molecule has 0 bridgehead atoms. The number of aromatic nitrogens is 4. The highest BCUT2D eigenvalue weighted by atomic mass is 16.5. The first kappa shape index (κ1) is 18.6. The second kappa shape index (κ2) is 8.93. The number of carbonyl (C=O) groups excluding carboxylic acids is 1. The van der Waals surface area contributed by atoms with Crippen molar-refractivity contribution in [1.82, 2.24) is 29.6 Å². The fourth-order valence-corrected chi connectivity index (χ4v) is 3.29. The van der Waals surface area contributed by atoms with Gasteiger partial charge >= 0.3 is 0 Å². The lowest BCUT2D eigenvalue weighted by molar-refractivity contribution is -0.135. The largest absolute Gasteiger partial charge is 0.467 e. The van der Waals surface area contributed by atoms with E-state index < -0.39 is 0 Å². The van der Waals surface area contributed by atoms with Crippen LogP contribution in [0.2, 0.25) is 0 Å². The molecule has 1 saturated heterocycles. The number of carbonyl (C=O) groups is 1. The molecule has 3 heterocycles. The molecule has 0 spiro atoms. The van der Waals surface area contributed by atoms with E-state index in [-0.39, 0.29) is 18.6 Å². The Kier molecular flexibility index (Phi) is 6.38. The topological polar surface area (TPSA) is 75.9 Å². The van der Waals surface area contributed by atoms with Gasteiger partial charge in [0.2, 0.25) is 5.88 Å². The van der Waals surface area contributed by atoms with E-state index in [1.807, 2.05) is 18.7 Å². The van der Waals surface area contributed by atoms with Crippen LogP contribution in [0.4, 0.5) is 0 Å². The van der Waals surface area contributed by atoms with Gasteiger partial charge in [-0.1, -0.05) is 12.8 Å². The number of amides is 1. The standard InChI is InChI=1S/C18H28N6O2/c1-15(2)23(12-11-22-9-5-3-4-6-10-22)18(25)13-26-17-8-7-16-20-19-14-24(16)21-17/h7-8,14-15H,3-6,9-13H2,1-2H3. The molecule has 0 radical (unpaired) electrons. The first-order valence-corrected chi connectivity index (χ1v) is 9.45. The number of nitrogens with zero attached hydrogens (tertiary/aromatic N) is 6. The Morgan fingerprint density at radius 3 is 2.73 bits per heavy atom. The maximum Gasteiger partial charge on any atom is 0.260 e. The van der Waals surface area contributed by atoms with Gasteiger partial charge in [0.15, 0.2) is 12.3 Å². The summed E-state index contributed by atoms with van der Waals surface area (Å²) in [5.41, 5.74) is 0.643. The molecule has 0 aromatic carbocycles. The van der Waals surface area contributed by atoms with Crippen molar-refractivity contribution in [3.8, 4) is 5.88 Å². The molecule has 8 nitrogen and oxygen atoms in total. The van der Waals surface area contributed by atoms with Crippen molar-refractivity contribution >= 4 is 11.6 Å². The molecule has 8 heteroatoms. The number of fused-ring (bicyclic) bond motifs is 1. The van der Waals surface area contributed by atoms with Crippen LogP contribution in [0.25, 0.3) is 5.65 Å². The van der Waals surface area contributed by atoms with Crippen LogP contribution in [0.1, 0.15) is 39.5 Å². The summed E-state index contributed by atoms with van der Waals surface area (Å²) < 4.78 is 7.12. The minimum absolute atomic E-state index is 0.0134. The Labute approximate surface area is 154 Å². The van der Waals surface area contributed by atoms with Crippen LogP contribution in [0.15, 0.2) is 18.5 Å². The number of hydrogen-bond acceptors (Lipinski definition) is 6. The predicted molar refractivity (Wildman–Crippen MR) is 98.0 cm³/mol. The third-order valence-corrected chi connectivity index (χ3v) is 4.78. The van der Waals surface area contributed by atoms with Gasteiger partial charge < -0.3 is 14.5 Å². The molecule has 26 heavy (non-hydrogen) atoms. The van der Waals surface area contributed by atoms with E-state index in [4.69, 9.17) is 4.74 Å². The maximum absolute atomic E-state index is 12.6. The molecule has 0 unspecified atom stereocenters. The zero-order valence-corrected chi connectivity index (χ0v) is 15.7. The maximum atomic E-state index is 12.6. The van der Waals surface area contributed by atoms with Crippen LogP contribution >= 0.6 is 0 Å². The number of likely N-dealkylation sites (tertiary alicyclic amines) is 1. The van der Waals surface area contributed by atoms with E-state index in [1.165, 1.54) is 36.5 Å². The Morgan fingerprint density at radius 1 is 1.23 bits per heavy atom. The lowest BCUT2D eigenvalue weighted by Crippen LogP contribution is -2.44. The van der Waals surface area contributed by atoms with Crippen molar-refractivity contribution in [3.05, 3.63) is 18.5 Å². The number of ether oxygens (including phenoxy) is 1. The van der Waals surface area contributed by atoms with E-state index in [9.17, 15) is 4.79 Å². The van der Waals surface area contributed by atoms with Gasteiger partial charge in [-0.2, -0.15) is 4.52 Å². The second-order valence-electron chi connectivity index (χ2n) is 7.03. The van der Waals surface area contributed by atoms with Gasteiger partial charge in [-0.15, -0.1) is 15.3 Å². The zero-order chi connectivity index (χ0) is 18.4. The Hall–Kier alpha value is -2.22. The summed E-state index contributed by atoms with van der Waals surface area (Å²) in [4.78, 5) is 17.0. The lowest BCUT2D eigenvalue weighted by Gasteiger charge is -2.30. The van der Waals surface area contributed by atoms with Crippen LogP contribution < -0.4 is 4.74 Å². The van der Waals surface area contributed by atoms with Gasteiger partial charge in [-0.3, -0.25) is 4.79 Å². The lowest BCUT2D eigenvalue weighted by atomic mass is 10.2. The highest BCUT2D eigenvalue weighted by Gasteiger charge is 2.19. The SMILES string of the molecule is CC(C)N(CCN1CCCCCC1)C(=O)COc1ccc2nncn2n1. The number of hydrogen-bond donors (Lipinski definition) is 0. The summed E-state index contributed by atoms with van der Waals surface area (Å²) in [6, 6.07) is 3.61. The van der Waals surface area contributed by atoms with E-state index in [0.29, 0.717) is 11.5 Å². The highest BCUT2D eigenvalue weighted by molar-refractivity contribution is 5.78. The fourth-order valence-electron chi connectivity index (χ4n) is 3.29. The van der Waals surface area contributed by atoms with Crippen molar-refractivity contribution < 1.29 is 9.53 Å². The normalized spacial score (nSPS) is 16.0. The van der Waals surface area contributed by atoms with Crippen LogP contribution in [0.5, 0.6) is 5.88 Å². The average Bonchev–Trinajstić information content (AvgIpc) is 2.94. The van der Waals surface area contributed by atoms with E-state index in [1.54, 1.807) is 12.1 Å². The third-order valence-electron chi connectivity index (χ3n) is 4.78. The molecule has 0 atom stereocenters. The molecular formula is C18H28N6O2. The fraction of sp³-hybridized carbons (Fsp3) is 0.667. The van der Waals surface area contributed by atoms with Gasteiger partial charge in [0.25, 0.3) is 5.91 Å². The van der Waals surface area contributed by atoms with Gasteiger partial charge in [0.1, 0.15) is 6.33 Å². The van der Waals surface area contributed by atoms with Crippen LogP contribution in [0.3, 0.4) is 0 Å². The Morgan fingerprint density at radius 2 is 2.00 bits per heavy atom. The zero-order valence-electron chi connectivity index (χ0n) is 15.7. The average molecular weight is 360 g/mol. The Bertz CT molecular complexity index is 709. The minimum Gasteiger partial charge on any atom is -0.467 e. The van der Waals surface area contributed by atoms with Crippen LogP contribution in [0, 0.1) is 0 Å². The molecule has 0 N–H and O–H groups in total. The van der Waals surface area contributed by atoms with Gasteiger partial charge in [-0.25, -0.2) is 0 Å². The van der Waals surface area contributed by atoms with E-state index in [0.717, 1.165) is 26.2 Å². The summed E-state index contributed by atoms with van der Waals surface area (Å²) in [7, 11) is 0. The van der Waals surface area contributed by atoms with E-state index >= 15 is 0 Å². The molecule has 1 aliphatic rings. The first-order valence-electron chi connectivity index (χ1n) is 9.45. The van der Waals surface area contributed by atoms with Crippen molar-refractivity contribution in [2.45, 2.75) is 45.6 Å². The molecule has 1 fully saturated rings. The highest BCUT2D eigenvalue weighted by Crippen LogP contribution is 2.11. The molecule has 2 aromatic heterocycles.